The normalized spacial score (nSPS) is 14.1. The number of hydrogen-bond donors (Lipinski definition) is 4. The first-order chi connectivity index (χ1) is 7.91. The summed E-state index contributed by atoms with van der Waals surface area (Å²) in [5.41, 5.74) is 5.92. The van der Waals surface area contributed by atoms with Gasteiger partial charge in [0.1, 0.15) is 17.4 Å². The van der Waals surface area contributed by atoms with Gasteiger partial charge >= 0.3 is 0 Å². The molecule has 0 aliphatic heterocycles. The van der Waals surface area contributed by atoms with Gasteiger partial charge in [-0.15, -0.1) is 0 Å². The van der Waals surface area contributed by atoms with Gasteiger partial charge in [0.2, 0.25) is 5.91 Å². The van der Waals surface area contributed by atoms with Crippen molar-refractivity contribution in [1.29, 1.82) is 0 Å². The molecule has 2 unspecified atom stereocenters. The van der Waals surface area contributed by atoms with E-state index in [1.807, 2.05) is 0 Å². The summed E-state index contributed by atoms with van der Waals surface area (Å²) in [4.78, 5) is 14.5. The molecule has 94 valence electrons. The third-order valence-electron chi connectivity index (χ3n) is 2.13. The number of nitrogen functional groups attached to an aromatic ring is 1. The molecule has 0 fully saturated rings. The van der Waals surface area contributed by atoms with Crippen molar-refractivity contribution in [1.82, 2.24) is 10.3 Å². The second-order valence-corrected chi connectivity index (χ2v) is 3.94. The number of pyridine rings is 1. The fraction of sp³-hybridized carbons (Fsp3) is 0.400. The third kappa shape index (κ3) is 3.85. The number of halogens is 1. The molecule has 1 aromatic heterocycles. The molecule has 1 rings (SSSR count). The molecule has 0 saturated heterocycles. The van der Waals surface area contributed by atoms with E-state index in [4.69, 9.17) is 17.3 Å². The molecule has 6 nitrogen and oxygen atoms in total. The predicted molar refractivity (Wildman–Crippen MR) is 63.3 cm³/mol. The lowest BCUT2D eigenvalue weighted by molar-refractivity contribution is -0.119. The zero-order chi connectivity index (χ0) is 13.0. The summed E-state index contributed by atoms with van der Waals surface area (Å²) in [5.74, 6) is -0.303. The van der Waals surface area contributed by atoms with Crippen LogP contribution in [-0.4, -0.2) is 33.8 Å². The first kappa shape index (κ1) is 13.7. The zero-order valence-corrected chi connectivity index (χ0v) is 9.98. The van der Waals surface area contributed by atoms with Crippen molar-refractivity contribution in [2.75, 3.05) is 12.3 Å². The lowest BCUT2D eigenvalue weighted by Crippen LogP contribution is -2.34. The van der Waals surface area contributed by atoms with Crippen molar-refractivity contribution < 1.29 is 15.0 Å². The molecule has 2 atom stereocenters. The van der Waals surface area contributed by atoms with E-state index in [1.165, 1.54) is 19.1 Å². The molecule has 0 radical (unpaired) electrons. The first-order valence-corrected chi connectivity index (χ1v) is 5.32. The SMILES string of the molecule is CC(=O)NCC(O)C(O)c1nc(Cl)ccc1N. The van der Waals surface area contributed by atoms with Crippen molar-refractivity contribution in [3.05, 3.63) is 23.0 Å². The molecule has 0 aromatic carbocycles. The van der Waals surface area contributed by atoms with Crippen molar-refractivity contribution in [3.63, 3.8) is 0 Å². The van der Waals surface area contributed by atoms with E-state index >= 15 is 0 Å². The highest BCUT2D eigenvalue weighted by Gasteiger charge is 2.22. The van der Waals surface area contributed by atoms with Crippen LogP contribution < -0.4 is 11.1 Å². The highest BCUT2D eigenvalue weighted by atomic mass is 35.5. The summed E-state index contributed by atoms with van der Waals surface area (Å²) < 4.78 is 0. The standard InChI is InChI=1S/C10H14ClN3O3/c1-5(15)13-4-7(16)10(17)9-6(12)2-3-8(11)14-9/h2-3,7,10,16-17H,4,12H2,1H3,(H,13,15). The predicted octanol–water partition coefficient (Wildman–Crippen LogP) is -0.152. The average molecular weight is 260 g/mol. The van der Waals surface area contributed by atoms with E-state index in [9.17, 15) is 15.0 Å². The molecule has 5 N–H and O–H groups in total. The van der Waals surface area contributed by atoms with E-state index in [0.717, 1.165) is 0 Å². The number of anilines is 1. The van der Waals surface area contributed by atoms with Crippen LogP contribution in [0.15, 0.2) is 12.1 Å². The topological polar surface area (TPSA) is 108 Å². The van der Waals surface area contributed by atoms with Crippen LogP contribution in [-0.2, 0) is 4.79 Å². The fourth-order valence-electron chi connectivity index (χ4n) is 1.24. The molecule has 0 saturated carbocycles. The largest absolute Gasteiger partial charge is 0.397 e. The van der Waals surface area contributed by atoms with Gasteiger partial charge in [-0.05, 0) is 12.1 Å². The third-order valence-corrected chi connectivity index (χ3v) is 2.34. The number of aliphatic hydroxyl groups is 2. The second-order valence-electron chi connectivity index (χ2n) is 3.56. The van der Waals surface area contributed by atoms with E-state index in [-0.39, 0.29) is 29.0 Å². The average Bonchev–Trinajstić information content (AvgIpc) is 2.28. The molecule has 7 heteroatoms. The molecule has 0 aliphatic rings. The quantitative estimate of drug-likeness (QED) is 0.562. The van der Waals surface area contributed by atoms with Gasteiger partial charge in [0.15, 0.2) is 0 Å². The number of nitrogens with one attached hydrogen (secondary N) is 1. The highest BCUT2D eigenvalue weighted by molar-refractivity contribution is 6.29. The Labute approximate surface area is 103 Å². The van der Waals surface area contributed by atoms with Crippen LogP contribution in [0.1, 0.15) is 18.7 Å². The molecule has 0 bridgehead atoms. The molecule has 0 spiro atoms. The van der Waals surface area contributed by atoms with Crippen molar-refractivity contribution in [3.8, 4) is 0 Å². The molecule has 1 aromatic rings. The molecule has 17 heavy (non-hydrogen) atoms. The van der Waals surface area contributed by atoms with Gasteiger partial charge in [-0.1, -0.05) is 11.6 Å². The fourth-order valence-corrected chi connectivity index (χ4v) is 1.39. The van der Waals surface area contributed by atoms with Gasteiger partial charge in [0.25, 0.3) is 0 Å². The summed E-state index contributed by atoms with van der Waals surface area (Å²) in [5, 5.41) is 22.0. The first-order valence-electron chi connectivity index (χ1n) is 4.94. The Morgan fingerprint density at radius 3 is 2.82 bits per heavy atom. The maximum Gasteiger partial charge on any atom is 0.216 e. The number of nitrogens with zero attached hydrogens (tertiary/aromatic N) is 1. The number of amides is 1. The summed E-state index contributed by atoms with van der Waals surface area (Å²) in [6.45, 7) is 1.22. The molecule has 1 heterocycles. The van der Waals surface area contributed by atoms with Crippen LogP contribution in [0.3, 0.4) is 0 Å². The minimum absolute atomic E-state index is 0.0929. The number of aliphatic hydroxyl groups excluding tert-OH is 2. The van der Waals surface area contributed by atoms with Crippen LogP contribution in [0.5, 0.6) is 0 Å². The number of aromatic nitrogens is 1. The number of nitrogens with two attached hydrogens (primary N) is 1. The minimum Gasteiger partial charge on any atom is -0.397 e. The van der Waals surface area contributed by atoms with Gasteiger partial charge in [-0.2, -0.15) is 0 Å². The smallest absolute Gasteiger partial charge is 0.216 e. The van der Waals surface area contributed by atoms with E-state index in [0.29, 0.717) is 0 Å². The Kier molecular flexibility index (Phi) is 4.68. The molecular formula is C10H14ClN3O3. The number of carbonyl (C=O) groups is 1. The number of hydrogen-bond acceptors (Lipinski definition) is 5. The summed E-state index contributed by atoms with van der Waals surface area (Å²) in [6, 6.07) is 2.96. The summed E-state index contributed by atoms with van der Waals surface area (Å²) in [7, 11) is 0. The van der Waals surface area contributed by atoms with Gasteiger partial charge in [0.05, 0.1) is 11.4 Å². The van der Waals surface area contributed by atoms with Crippen LogP contribution in [0.25, 0.3) is 0 Å². The van der Waals surface area contributed by atoms with Crippen LogP contribution in [0.4, 0.5) is 5.69 Å². The van der Waals surface area contributed by atoms with Gasteiger partial charge < -0.3 is 21.3 Å². The lowest BCUT2D eigenvalue weighted by Gasteiger charge is -2.18. The molecule has 0 aliphatic carbocycles. The Morgan fingerprint density at radius 2 is 2.24 bits per heavy atom. The summed E-state index contributed by atoms with van der Waals surface area (Å²) in [6.07, 6.45) is -2.51. The Morgan fingerprint density at radius 1 is 1.59 bits per heavy atom. The molecule has 1 amide bonds. The van der Waals surface area contributed by atoms with E-state index in [2.05, 4.69) is 10.3 Å². The van der Waals surface area contributed by atoms with Gasteiger partial charge in [-0.25, -0.2) is 4.98 Å². The van der Waals surface area contributed by atoms with Gasteiger partial charge in [-0.3, -0.25) is 4.79 Å². The van der Waals surface area contributed by atoms with Crippen LogP contribution in [0, 0.1) is 0 Å². The Balaban J connectivity index is 2.77. The Bertz CT molecular complexity index is 414. The zero-order valence-electron chi connectivity index (χ0n) is 9.22. The van der Waals surface area contributed by atoms with Crippen molar-refractivity contribution >= 4 is 23.2 Å². The summed E-state index contributed by atoms with van der Waals surface area (Å²) >= 11 is 5.66. The van der Waals surface area contributed by atoms with E-state index < -0.39 is 12.2 Å². The van der Waals surface area contributed by atoms with Crippen LogP contribution >= 0.6 is 11.6 Å². The highest BCUT2D eigenvalue weighted by Crippen LogP contribution is 2.22. The lowest BCUT2D eigenvalue weighted by atomic mass is 10.1. The number of rotatable bonds is 4. The minimum atomic E-state index is -1.31. The number of carbonyl (C=O) groups excluding carboxylic acids is 1. The maximum absolute atomic E-state index is 10.7. The monoisotopic (exact) mass is 259 g/mol. The maximum atomic E-state index is 10.7. The molecular weight excluding hydrogens is 246 g/mol. The van der Waals surface area contributed by atoms with Gasteiger partial charge in [0, 0.05) is 13.5 Å². The second kappa shape index (κ2) is 5.81. The van der Waals surface area contributed by atoms with Crippen molar-refractivity contribution in [2.24, 2.45) is 0 Å². The van der Waals surface area contributed by atoms with E-state index in [1.54, 1.807) is 0 Å². The van der Waals surface area contributed by atoms with Crippen molar-refractivity contribution in [2.45, 2.75) is 19.1 Å². The Hall–Kier alpha value is -1.37. The van der Waals surface area contributed by atoms with Crippen LogP contribution in [0.2, 0.25) is 5.15 Å².